The summed E-state index contributed by atoms with van der Waals surface area (Å²) in [4.78, 5) is 25.1. The smallest absolute Gasteiger partial charge is 0.264 e. The third-order valence-corrected chi connectivity index (χ3v) is 8.65. The number of nitrogens with zero attached hydrogens (tertiary/aromatic N) is 2. The SMILES string of the molecule is Cc1ccc(C)c(N(CC(=O)N/N=C\c2ccc(OCC(=O)NC3CCCCC3)cc2)S(=O)(=O)c2ccccc2)c1. The van der Waals surface area contributed by atoms with Crippen LogP contribution in [0.4, 0.5) is 5.69 Å². The van der Waals surface area contributed by atoms with Crippen LogP contribution in [0.1, 0.15) is 48.8 Å². The van der Waals surface area contributed by atoms with E-state index in [0.717, 1.165) is 41.1 Å². The highest BCUT2D eigenvalue weighted by atomic mass is 32.2. The van der Waals surface area contributed by atoms with Gasteiger partial charge in [-0.25, -0.2) is 13.8 Å². The Balaban J connectivity index is 1.35. The average molecular weight is 577 g/mol. The van der Waals surface area contributed by atoms with Crippen LogP contribution >= 0.6 is 0 Å². The summed E-state index contributed by atoms with van der Waals surface area (Å²) in [5.41, 5.74) is 5.13. The molecular weight excluding hydrogens is 540 g/mol. The Morgan fingerprint density at radius 1 is 0.951 bits per heavy atom. The van der Waals surface area contributed by atoms with Crippen LogP contribution in [0.3, 0.4) is 0 Å². The van der Waals surface area contributed by atoms with Gasteiger partial charge in [-0.3, -0.25) is 13.9 Å². The molecule has 0 bridgehead atoms. The van der Waals surface area contributed by atoms with Gasteiger partial charge in [0.15, 0.2) is 6.61 Å². The van der Waals surface area contributed by atoms with E-state index in [0.29, 0.717) is 17.0 Å². The number of nitrogens with one attached hydrogen (secondary N) is 2. The van der Waals surface area contributed by atoms with E-state index in [2.05, 4.69) is 15.8 Å². The molecule has 0 saturated heterocycles. The van der Waals surface area contributed by atoms with E-state index in [1.54, 1.807) is 55.5 Å². The zero-order valence-corrected chi connectivity index (χ0v) is 24.2. The lowest BCUT2D eigenvalue weighted by molar-refractivity contribution is -0.124. The van der Waals surface area contributed by atoms with Crippen molar-refractivity contribution in [1.29, 1.82) is 0 Å². The van der Waals surface area contributed by atoms with E-state index in [4.69, 9.17) is 4.74 Å². The van der Waals surface area contributed by atoms with Gasteiger partial charge in [-0.05, 0) is 85.8 Å². The lowest BCUT2D eigenvalue weighted by Crippen LogP contribution is -2.40. The molecule has 4 rings (SSSR count). The van der Waals surface area contributed by atoms with Crippen LogP contribution in [0.2, 0.25) is 0 Å². The summed E-state index contributed by atoms with van der Waals surface area (Å²) >= 11 is 0. The maximum absolute atomic E-state index is 13.5. The zero-order valence-electron chi connectivity index (χ0n) is 23.4. The van der Waals surface area contributed by atoms with Crippen molar-refractivity contribution < 1.29 is 22.7 Å². The molecule has 0 radical (unpaired) electrons. The van der Waals surface area contributed by atoms with Crippen molar-refractivity contribution >= 4 is 33.7 Å². The van der Waals surface area contributed by atoms with Crippen LogP contribution in [-0.2, 0) is 19.6 Å². The molecule has 2 amide bonds. The monoisotopic (exact) mass is 576 g/mol. The molecule has 0 spiro atoms. The molecule has 0 aliphatic heterocycles. The zero-order chi connectivity index (χ0) is 29.2. The van der Waals surface area contributed by atoms with Gasteiger partial charge in [0.25, 0.3) is 21.8 Å². The molecule has 1 fully saturated rings. The van der Waals surface area contributed by atoms with E-state index in [1.807, 2.05) is 19.1 Å². The summed E-state index contributed by atoms with van der Waals surface area (Å²) < 4.78 is 33.7. The minimum atomic E-state index is -4.01. The average Bonchev–Trinajstić information content (AvgIpc) is 2.98. The first-order valence-electron chi connectivity index (χ1n) is 13.7. The molecule has 3 aromatic rings. The van der Waals surface area contributed by atoms with Crippen molar-refractivity contribution in [3.63, 3.8) is 0 Å². The van der Waals surface area contributed by atoms with Gasteiger partial charge >= 0.3 is 0 Å². The maximum atomic E-state index is 13.5. The first-order chi connectivity index (χ1) is 19.7. The van der Waals surface area contributed by atoms with E-state index in [1.165, 1.54) is 24.8 Å². The third-order valence-electron chi connectivity index (χ3n) is 6.87. The number of hydrogen-bond acceptors (Lipinski definition) is 6. The van der Waals surface area contributed by atoms with Crippen LogP contribution in [0, 0.1) is 13.8 Å². The third kappa shape index (κ3) is 8.40. The Hall–Kier alpha value is -4.18. The van der Waals surface area contributed by atoms with Gasteiger partial charge in [0, 0.05) is 6.04 Å². The number of aryl methyl sites for hydroxylation is 2. The van der Waals surface area contributed by atoms with Crippen LogP contribution in [0.25, 0.3) is 0 Å². The second kappa shape index (κ2) is 13.9. The van der Waals surface area contributed by atoms with Crippen molar-refractivity contribution in [2.24, 2.45) is 5.10 Å². The molecule has 0 unspecified atom stereocenters. The molecule has 1 aliphatic carbocycles. The van der Waals surface area contributed by atoms with Crippen molar-refractivity contribution in [1.82, 2.24) is 10.7 Å². The van der Waals surface area contributed by atoms with E-state index < -0.39 is 22.5 Å². The predicted molar refractivity (Wildman–Crippen MR) is 160 cm³/mol. The fourth-order valence-corrected chi connectivity index (χ4v) is 6.17. The summed E-state index contributed by atoms with van der Waals surface area (Å²) in [6, 6.07) is 20.6. The molecule has 216 valence electrons. The molecule has 0 aromatic heterocycles. The number of ether oxygens (including phenoxy) is 1. The number of rotatable bonds is 11. The minimum Gasteiger partial charge on any atom is -0.484 e. The van der Waals surface area contributed by atoms with Crippen LogP contribution < -0.4 is 19.8 Å². The second-order valence-corrected chi connectivity index (χ2v) is 12.0. The Kier molecular flexibility index (Phi) is 10.1. The van der Waals surface area contributed by atoms with Gasteiger partial charge in [0.2, 0.25) is 0 Å². The van der Waals surface area contributed by atoms with Gasteiger partial charge in [0.1, 0.15) is 12.3 Å². The maximum Gasteiger partial charge on any atom is 0.264 e. The van der Waals surface area contributed by atoms with Crippen molar-refractivity contribution in [2.75, 3.05) is 17.5 Å². The highest BCUT2D eigenvalue weighted by molar-refractivity contribution is 7.92. The van der Waals surface area contributed by atoms with Crippen molar-refractivity contribution in [3.05, 3.63) is 89.5 Å². The molecule has 10 heteroatoms. The summed E-state index contributed by atoms with van der Waals surface area (Å²) in [5.74, 6) is -0.180. The highest BCUT2D eigenvalue weighted by Gasteiger charge is 2.28. The summed E-state index contributed by atoms with van der Waals surface area (Å²) in [6.07, 6.45) is 7.00. The van der Waals surface area contributed by atoms with Gasteiger partial charge in [-0.2, -0.15) is 5.10 Å². The fraction of sp³-hybridized carbons (Fsp3) is 0.323. The lowest BCUT2D eigenvalue weighted by atomic mass is 9.95. The first-order valence-corrected chi connectivity index (χ1v) is 15.2. The number of anilines is 1. The minimum absolute atomic E-state index is 0.0528. The molecule has 0 heterocycles. The van der Waals surface area contributed by atoms with E-state index in [9.17, 15) is 18.0 Å². The Labute approximate surface area is 241 Å². The van der Waals surface area contributed by atoms with E-state index >= 15 is 0 Å². The lowest BCUT2D eigenvalue weighted by Gasteiger charge is -2.25. The molecular formula is C31H36N4O5S. The molecule has 3 aromatic carbocycles. The molecule has 2 N–H and O–H groups in total. The van der Waals surface area contributed by atoms with E-state index in [-0.39, 0.29) is 23.5 Å². The number of carbonyl (C=O) groups excluding carboxylic acids is 2. The van der Waals surface area contributed by atoms with Gasteiger partial charge < -0.3 is 10.1 Å². The number of hydrazone groups is 1. The number of carbonyl (C=O) groups is 2. The van der Waals surface area contributed by atoms with Crippen LogP contribution in [-0.4, -0.2) is 45.6 Å². The standard InChI is InChI=1S/C31H36N4O5S/c1-23-13-14-24(2)29(19-23)35(41(38,39)28-11-7-4-8-12-28)21-30(36)34-32-20-25-15-17-27(18-16-25)40-22-31(37)33-26-9-5-3-6-10-26/h4,7-8,11-20,26H,3,5-6,9-10,21-22H2,1-2H3,(H,33,37)(H,34,36)/b32-20-. The molecule has 0 atom stereocenters. The quantitative estimate of drug-likeness (QED) is 0.258. The Morgan fingerprint density at radius 2 is 1.66 bits per heavy atom. The molecule has 1 aliphatic rings. The first kappa shape index (κ1) is 29.8. The number of amides is 2. The topological polar surface area (TPSA) is 117 Å². The van der Waals surface area contributed by atoms with Crippen molar-refractivity contribution in [3.8, 4) is 5.75 Å². The van der Waals surface area contributed by atoms with Crippen LogP contribution in [0.15, 0.2) is 82.8 Å². The normalized spacial score (nSPS) is 14.0. The summed E-state index contributed by atoms with van der Waals surface area (Å²) in [6.45, 7) is 3.16. The van der Waals surface area contributed by atoms with Crippen molar-refractivity contribution in [2.45, 2.75) is 56.9 Å². The van der Waals surface area contributed by atoms with Gasteiger partial charge in [-0.15, -0.1) is 0 Å². The number of benzene rings is 3. The Bertz CT molecular complexity index is 1470. The largest absolute Gasteiger partial charge is 0.484 e. The summed E-state index contributed by atoms with van der Waals surface area (Å²) in [7, 11) is -4.01. The fourth-order valence-electron chi connectivity index (χ4n) is 4.67. The highest BCUT2D eigenvalue weighted by Crippen LogP contribution is 2.27. The number of sulfonamides is 1. The summed E-state index contributed by atoms with van der Waals surface area (Å²) in [5, 5.41) is 7.02. The molecule has 9 nitrogen and oxygen atoms in total. The van der Waals surface area contributed by atoms with Gasteiger partial charge in [-0.1, -0.05) is 49.6 Å². The van der Waals surface area contributed by atoms with Gasteiger partial charge in [0.05, 0.1) is 16.8 Å². The molecule has 1 saturated carbocycles. The van der Waals surface area contributed by atoms with Crippen LogP contribution in [0.5, 0.6) is 5.75 Å². The molecule has 41 heavy (non-hydrogen) atoms. The Morgan fingerprint density at radius 3 is 2.37 bits per heavy atom. The predicted octanol–water partition coefficient (Wildman–Crippen LogP) is 4.48. The second-order valence-electron chi connectivity index (χ2n) is 10.2. The number of hydrogen-bond donors (Lipinski definition) is 2.